The number of hydrogen-bond donors (Lipinski definition) is 1. The van der Waals surface area contributed by atoms with Crippen LogP contribution in [0.3, 0.4) is 0 Å². The van der Waals surface area contributed by atoms with Crippen LogP contribution in [0.2, 0.25) is 5.02 Å². The van der Waals surface area contributed by atoms with Gasteiger partial charge in [-0.3, -0.25) is 9.29 Å². The van der Waals surface area contributed by atoms with E-state index >= 15 is 0 Å². The molecule has 0 aliphatic rings. The molecule has 0 aliphatic carbocycles. The Hall–Kier alpha value is -2.59. The van der Waals surface area contributed by atoms with Gasteiger partial charge in [-0.25, -0.2) is 9.37 Å². The van der Waals surface area contributed by atoms with Gasteiger partial charge in [-0.1, -0.05) is 23.7 Å². The van der Waals surface area contributed by atoms with Crippen LogP contribution in [0.15, 0.2) is 59.9 Å². The molecule has 5 nitrogen and oxygen atoms in total. The van der Waals surface area contributed by atoms with Gasteiger partial charge in [0, 0.05) is 18.1 Å². The van der Waals surface area contributed by atoms with Crippen molar-refractivity contribution in [1.29, 1.82) is 0 Å². The summed E-state index contributed by atoms with van der Waals surface area (Å²) < 4.78 is 79.9. The molecule has 1 aromatic carbocycles. The smallest absolute Gasteiger partial charge is 0.289 e. The van der Waals surface area contributed by atoms with Crippen LogP contribution in [-0.4, -0.2) is 18.0 Å². The van der Waals surface area contributed by atoms with Gasteiger partial charge in [0.05, 0.1) is 10.6 Å². The van der Waals surface area contributed by atoms with Crippen LogP contribution in [0, 0.1) is 0 Å². The first-order valence-corrected chi connectivity index (χ1v) is 9.56. The lowest BCUT2D eigenvalue weighted by Gasteiger charge is -2.14. The SMILES string of the molecule is O=S(=O)(Nc1cccc(CF)c1)c1cccn1-c1ncc(C(F)(F)F)cc1Cl. The van der Waals surface area contributed by atoms with Gasteiger partial charge in [0.2, 0.25) is 0 Å². The van der Waals surface area contributed by atoms with Gasteiger partial charge in [0.15, 0.2) is 10.8 Å². The summed E-state index contributed by atoms with van der Waals surface area (Å²) >= 11 is 5.91. The number of alkyl halides is 4. The molecule has 0 fully saturated rings. The Morgan fingerprint density at radius 2 is 1.89 bits per heavy atom. The summed E-state index contributed by atoms with van der Waals surface area (Å²) in [4.78, 5) is 3.66. The van der Waals surface area contributed by atoms with Crippen LogP contribution in [0.25, 0.3) is 5.82 Å². The summed E-state index contributed by atoms with van der Waals surface area (Å²) in [5.74, 6) is -0.183. The summed E-state index contributed by atoms with van der Waals surface area (Å²) in [6.45, 7) is -0.767. The second-order valence-corrected chi connectivity index (χ2v) is 7.72. The zero-order valence-electron chi connectivity index (χ0n) is 13.9. The van der Waals surface area contributed by atoms with Crippen LogP contribution in [0.1, 0.15) is 11.1 Å². The van der Waals surface area contributed by atoms with Gasteiger partial charge in [0.25, 0.3) is 10.0 Å². The van der Waals surface area contributed by atoms with Gasteiger partial charge in [-0.15, -0.1) is 0 Å². The van der Waals surface area contributed by atoms with Crippen molar-refractivity contribution in [1.82, 2.24) is 9.55 Å². The quantitative estimate of drug-likeness (QED) is 0.587. The number of anilines is 1. The van der Waals surface area contributed by atoms with Crippen molar-refractivity contribution in [2.45, 2.75) is 17.9 Å². The first kappa shape index (κ1) is 20.2. The van der Waals surface area contributed by atoms with Crippen molar-refractivity contribution in [3.63, 3.8) is 0 Å². The molecule has 0 saturated heterocycles. The number of benzene rings is 1. The predicted octanol–water partition coefficient (Wildman–Crippen LogP) is 4.81. The molecule has 0 spiro atoms. The Kier molecular flexibility index (Phi) is 5.35. The number of nitrogens with one attached hydrogen (secondary N) is 1. The minimum atomic E-state index is -4.64. The molecular formula is C17H12ClF4N3O2S. The highest BCUT2D eigenvalue weighted by molar-refractivity contribution is 7.92. The fraction of sp³-hybridized carbons (Fsp3) is 0.118. The standard InChI is InChI=1S/C17H12ClF4N3O2S/c18-14-8-12(17(20,21)22)10-23-16(14)25-6-2-5-15(25)28(26,27)24-13-4-1-3-11(7-13)9-19/h1-8,10,24H,9H2. The summed E-state index contributed by atoms with van der Waals surface area (Å²) in [5.41, 5.74) is -0.642. The lowest BCUT2D eigenvalue weighted by Crippen LogP contribution is -2.17. The average Bonchev–Trinajstić information content (AvgIpc) is 3.11. The third kappa shape index (κ3) is 4.12. The van der Waals surface area contributed by atoms with E-state index in [4.69, 9.17) is 11.6 Å². The van der Waals surface area contributed by atoms with E-state index in [1.165, 1.54) is 42.6 Å². The molecule has 0 unspecified atom stereocenters. The molecule has 0 bridgehead atoms. The van der Waals surface area contributed by atoms with E-state index in [1.54, 1.807) is 0 Å². The van der Waals surface area contributed by atoms with E-state index in [2.05, 4.69) is 9.71 Å². The molecule has 0 amide bonds. The Balaban J connectivity index is 1.99. The van der Waals surface area contributed by atoms with Crippen molar-refractivity contribution in [2.24, 2.45) is 0 Å². The van der Waals surface area contributed by atoms with Crippen LogP contribution in [-0.2, 0) is 22.9 Å². The van der Waals surface area contributed by atoms with Crippen LogP contribution in [0.5, 0.6) is 0 Å². The fourth-order valence-corrected chi connectivity index (χ4v) is 3.91. The average molecular weight is 434 g/mol. The highest BCUT2D eigenvalue weighted by Crippen LogP contribution is 2.32. The van der Waals surface area contributed by atoms with Gasteiger partial charge < -0.3 is 0 Å². The number of hydrogen-bond acceptors (Lipinski definition) is 3. The molecule has 0 saturated carbocycles. The van der Waals surface area contributed by atoms with E-state index in [0.717, 1.165) is 4.57 Å². The lowest BCUT2D eigenvalue weighted by molar-refractivity contribution is -0.137. The van der Waals surface area contributed by atoms with Gasteiger partial charge >= 0.3 is 6.18 Å². The molecule has 3 rings (SSSR count). The molecule has 0 aliphatic heterocycles. The Bertz CT molecular complexity index is 1110. The molecular weight excluding hydrogens is 422 g/mol. The topological polar surface area (TPSA) is 64.0 Å². The number of pyridine rings is 1. The van der Waals surface area contributed by atoms with E-state index in [0.29, 0.717) is 12.3 Å². The maximum Gasteiger partial charge on any atom is 0.417 e. The summed E-state index contributed by atoms with van der Waals surface area (Å²) in [6.07, 6.45) is -2.77. The number of halogens is 5. The van der Waals surface area contributed by atoms with Crippen LogP contribution >= 0.6 is 11.6 Å². The molecule has 148 valence electrons. The molecule has 2 heterocycles. The Labute approximate surface area is 162 Å². The second kappa shape index (κ2) is 7.44. The first-order chi connectivity index (χ1) is 13.1. The molecule has 0 atom stereocenters. The first-order valence-electron chi connectivity index (χ1n) is 7.70. The fourth-order valence-electron chi connectivity index (χ4n) is 2.45. The molecule has 1 N–H and O–H groups in total. The number of sulfonamides is 1. The van der Waals surface area contributed by atoms with Gasteiger partial charge in [-0.05, 0) is 35.9 Å². The van der Waals surface area contributed by atoms with E-state index < -0.39 is 28.4 Å². The predicted molar refractivity (Wildman–Crippen MR) is 95.6 cm³/mol. The molecule has 2 aromatic heterocycles. The van der Waals surface area contributed by atoms with E-state index in [-0.39, 0.29) is 27.1 Å². The lowest BCUT2D eigenvalue weighted by atomic mass is 10.2. The van der Waals surface area contributed by atoms with Crippen molar-refractivity contribution in [2.75, 3.05) is 4.72 Å². The Morgan fingerprint density at radius 3 is 2.54 bits per heavy atom. The number of rotatable bonds is 5. The normalized spacial score (nSPS) is 12.2. The highest BCUT2D eigenvalue weighted by atomic mass is 35.5. The van der Waals surface area contributed by atoms with Crippen LogP contribution < -0.4 is 4.72 Å². The monoisotopic (exact) mass is 433 g/mol. The highest BCUT2D eigenvalue weighted by Gasteiger charge is 2.32. The van der Waals surface area contributed by atoms with Crippen molar-refractivity contribution >= 4 is 27.3 Å². The molecule has 0 radical (unpaired) electrons. The number of nitrogens with zero attached hydrogens (tertiary/aromatic N) is 2. The summed E-state index contributed by atoms with van der Waals surface area (Å²) in [7, 11) is -4.16. The zero-order chi connectivity index (χ0) is 20.5. The third-order valence-electron chi connectivity index (χ3n) is 3.70. The number of aromatic nitrogens is 2. The maximum absolute atomic E-state index is 12.8. The largest absolute Gasteiger partial charge is 0.417 e. The van der Waals surface area contributed by atoms with Gasteiger partial charge in [-0.2, -0.15) is 21.6 Å². The van der Waals surface area contributed by atoms with E-state index in [9.17, 15) is 26.0 Å². The minimum Gasteiger partial charge on any atom is -0.289 e. The van der Waals surface area contributed by atoms with Crippen molar-refractivity contribution in [3.8, 4) is 5.82 Å². The van der Waals surface area contributed by atoms with Gasteiger partial charge in [0.1, 0.15) is 6.67 Å². The van der Waals surface area contributed by atoms with E-state index in [1.807, 2.05) is 0 Å². The summed E-state index contributed by atoms with van der Waals surface area (Å²) in [6, 6.07) is 9.02. The summed E-state index contributed by atoms with van der Waals surface area (Å²) in [5, 5.41) is -0.672. The van der Waals surface area contributed by atoms with Crippen LogP contribution in [0.4, 0.5) is 23.2 Å². The molecule has 3 aromatic rings. The van der Waals surface area contributed by atoms with Crippen molar-refractivity contribution < 1.29 is 26.0 Å². The second-order valence-electron chi connectivity index (χ2n) is 5.68. The zero-order valence-corrected chi connectivity index (χ0v) is 15.5. The van der Waals surface area contributed by atoms with Crippen molar-refractivity contribution in [3.05, 3.63) is 71.0 Å². The maximum atomic E-state index is 12.8. The minimum absolute atomic E-state index is 0.134. The third-order valence-corrected chi connectivity index (χ3v) is 5.36. The Morgan fingerprint density at radius 1 is 1.14 bits per heavy atom. The molecule has 28 heavy (non-hydrogen) atoms. The molecule has 11 heteroatoms.